The van der Waals surface area contributed by atoms with E-state index in [1.54, 1.807) is 18.0 Å². The lowest BCUT2D eigenvalue weighted by atomic mass is 10.2. The summed E-state index contributed by atoms with van der Waals surface area (Å²) >= 11 is 1.73. The summed E-state index contributed by atoms with van der Waals surface area (Å²) in [6.45, 7) is 0.989. The van der Waals surface area contributed by atoms with E-state index in [1.165, 1.54) is 16.8 Å². The van der Waals surface area contributed by atoms with E-state index in [4.69, 9.17) is 4.42 Å². The van der Waals surface area contributed by atoms with Crippen LogP contribution in [0.5, 0.6) is 0 Å². The summed E-state index contributed by atoms with van der Waals surface area (Å²) in [4.78, 5) is 6.45. The first kappa shape index (κ1) is 13.7. The zero-order chi connectivity index (χ0) is 14.0. The molecule has 3 rings (SSSR count). The summed E-state index contributed by atoms with van der Waals surface area (Å²) < 4.78 is 31.8. The van der Waals surface area contributed by atoms with Crippen LogP contribution in [-0.2, 0) is 10.0 Å². The van der Waals surface area contributed by atoms with E-state index in [9.17, 15) is 8.42 Å². The summed E-state index contributed by atoms with van der Waals surface area (Å²) in [5.41, 5.74) is 0. The van der Waals surface area contributed by atoms with E-state index in [0.29, 0.717) is 13.1 Å². The van der Waals surface area contributed by atoms with Gasteiger partial charge in [0, 0.05) is 18.8 Å². The number of hydrogen-bond donors (Lipinski definition) is 1. The van der Waals surface area contributed by atoms with E-state index in [1.807, 2.05) is 12.1 Å². The average Bonchev–Trinajstić information content (AvgIpc) is 3.08. The van der Waals surface area contributed by atoms with Crippen molar-refractivity contribution in [1.82, 2.24) is 14.3 Å². The van der Waals surface area contributed by atoms with Crippen molar-refractivity contribution in [3.05, 3.63) is 36.7 Å². The molecule has 2 aromatic rings. The van der Waals surface area contributed by atoms with Crippen LogP contribution in [0, 0.1) is 0 Å². The third kappa shape index (κ3) is 2.63. The summed E-state index contributed by atoms with van der Waals surface area (Å²) in [5.74, 6) is 1.66. The van der Waals surface area contributed by atoms with Crippen molar-refractivity contribution in [2.75, 3.05) is 18.8 Å². The fourth-order valence-electron chi connectivity index (χ4n) is 2.22. The van der Waals surface area contributed by atoms with Crippen LogP contribution in [0.4, 0.5) is 0 Å². The van der Waals surface area contributed by atoms with Gasteiger partial charge in [0.25, 0.3) is 10.0 Å². The number of aromatic amines is 1. The second-order valence-corrected chi connectivity index (χ2v) is 7.70. The van der Waals surface area contributed by atoms with Crippen molar-refractivity contribution in [2.45, 2.75) is 16.7 Å². The third-order valence-corrected chi connectivity index (χ3v) is 6.36. The smallest absolute Gasteiger partial charge is 0.260 e. The van der Waals surface area contributed by atoms with Crippen molar-refractivity contribution < 1.29 is 12.8 Å². The van der Waals surface area contributed by atoms with Gasteiger partial charge in [0.15, 0.2) is 5.03 Å². The molecule has 3 heterocycles. The Bertz CT molecular complexity index is 638. The van der Waals surface area contributed by atoms with Crippen molar-refractivity contribution in [3.63, 3.8) is 0 Å². The normalized spacial score (nSPS) is 21.7. The van der Waals surface area contributed by atoms with Gasteiger partial charge in [-0.15, -0.1) is 11.8 Å². The first-order valence-corrected chi connectivity index (χ1v) is 8.80. The van der Waals surface area contributed by atoms with Gasteiger partial charge >= 0.3 is 0 Å². The molecule has 2 aromatic heterocycles. The molecule has 0 bridgehead atoms. The van der Waals surface area contributed by atoms with Crippen LogP contribution in [0.25, 0.3) is 0 Å². The minimum Gasteiger partial charge on any atom is -0.468 e. The monoisotopic (exact) mass is 313 g/mol. The van der Waals surface area contributed by atoms with Crippen molar-refractivity contribution in [2.24, 2.45) is 0 Å². The molecule has 1 atom stereocenters. The number of imidazole rings is 1. The van der Waals surface area contributed by atoms with Crippen molar-refractivity contribution in [1.29, 1.82) is 0 Å². The quantitative estimate of drug-likeness (QED) is 0.936. The molecule has 0 aromatic carbocycles. The first-order chi connectivity index (χ1) is 9.68. The Balaban J connectivity index is 1.75. The van der Waals surface area contributed by atoms with Gasteiger partial charge in [0.05, 0.1) is 24.0 Å². The summed E-state index contributed by atoms with van der Waals surface area (Å²) in [7, 11) is -3.46. The van der Waals surface area contributed by atoms with Gasteiger partial charge < -0.3 is 9.40 Å². The lowest BCUT2D eigenvalue weighted by Crippen LogP contribution is -2.33. The molecule has 0 saturated carbocycles. The topological polar surface area (TPSA) is 79.2 Å². The predicted molar refractivity (Wildman–Crippen MR) is 75.9 cm³/mol. The minimum absolute atomic E-state index is 0.152. The number of aromatic nitrogens is 2. The fourth-order valence-corrected chi connectivity index (χ4v) is 4.86. The Kier molecular flexibility index (Phi) is 3.86. The zero-order valence-electron chi connectivity index (χ0n) is 10.7. The summed E-state index contributed by atoms with van der Waals surface area (Å²) in [6, 6.07) is 3.80. The maximum absolute atomic E-state index is 12.4. The molecule has 1 aliphatic heterocycles. The Hall–Kier alpha value is -1.25. The zero-order valence-corrected chi connectivity index (χ0v) is 12.4. The fraction of sp³-hybridized carbons (Fsp3) is 0.417. The van der Waals surface area contributed by atoms with Crippen molar-refractivity contribution >= 4 is 21.8 Å². The van der Waals surface area contributed by atoms with E-state index >= 15 is 0 Å². The highest BCUT2D eigenvalue weighted by atomic mass is 32.2. The van der Waals surface area contributed by atoms with Gasteiger partial charge in [0.1, 0.15) is 5.76 Å². The summed E-state index contributed by atoms with van der Waals surface area (Å²) in [6.07, 6.45) is 5.12. The lowest BCUT2D eigenvalue weighted by molar-refractivity contribution is 0.416. The molecule has 1 unspecified atom stereocenters. The molecule has 1 saturated heterocycles. The molecule has 6 nitrogen and oxygen atoms in total. The highest BCUT2D eigenvalue weighted by Gasteiger charge is 2.29. The predicted octanol–water partition coefficient (Wildman–Crippen LogP) is 1.87. The Labute approximate surface area is 121 Å². The van der Waals surface area contributed by atoms with E-state index in [0.717, 1.165) is 17.9 Å². The molecule has 0 aliphatic carbocycles. The molecule has 8 heteroatoms. The van der Waals surface area contributed by atoms with Crippen LogP contribution >= 0.6 is 11.8 Å². The standard InChI is InChI=1S/C12H15N3O3S2/c16-20(17,12-8-13-9-14-12)15-4-3-11(19-7-5-15)10-2-1-6-18-10/h1-2,6,8-9,11H,3-5,7H2,(H,13,14). The number of nitrogens with one attached hydrogen (secondary N) is 1. The SMILES string of the molecule is O=S(=O)(c1cnc[nH]1)N1CCSC(c2ccco2)CC1. The number of hydrogen-bond acceptors (Lipinski definition) is 5. The molecular formula is C12H15N3O3S2. The molecule has 1 fully saturated rings. The highest BCUT2D eigenvalue weighted by molar-refractivity contribution is 7.99. The van der Waals surface area contributed by atoms with Gasteiger partial charge in [-0.2, -0.15) is 4.31 Å². The van der Waals surface area contributed by atoms with Crippen molar-refractivity contribution in [3.8, 4) is 0 Å². The van der Waals surface area contributed by atoms with E-state index in [-0.39, 0.29) is 10.3 Å². The Morgan fingerprint density at radius 2 is 2.35 bits per heavy atom. The Morgan fingerprint density at radius 3 is 3.05 bits per heavy atom. The highest BCUT2D eigenvalue weighted by Crippen LogP contribution is 2.35. The van der Waals surface area contributed by atoms with Crippen LogP contribution in [-0.4, -0.2) is 41.5 Å². The Morgan fingerprint density at radius 1 is 1.45 bits per heavy atom. The van der Waals surface area contributed by atoms with Gasteiger partial charge in [-0.3, -0.25) is 0 Å². The first-order valence-electron chi connectivity index (χ1n) is 6.31. The van der Waals surface area contributed by atoms with Gasteiger partial charge in [0.2, 0.25) is 0 Å². The second-order valence-electron chi connectivity index (χ2n) is 4.48. The minimum atomic E-state index is -3.46. The largest absolute Gasteiger partial charge is 0.468 e. The molecule has 20 heavy (non-hydrogen) atoms. The van der Waals surface area contributed by atoms with Gasteiger partial charge in [-0.05, 0) is 18.6 Å². The summed E-state index contributed by atoms with van der Waals surface area (Å²) in [5, 5.41) is 0.367. The number of sulfonamides is 1. The maximum Gasteiger partial charge on any atom is 0.260 e. The molecule has 0 radical (unpaired) electrons. The molecule has 108 valence electrons. The van der Waals surface area contributed by atoms with Crippen LogP contribution in [0.2, 0.25) is 0 Å². The number of thioether (sulfide) groups is 1. The number of furan rings is 1. The van der Waals surface area contributed by atoms with E-state index in [2.05, 4.69) is 9.97 Å². The van der Waals surface area contributed by atoms with Gasteiger partial charge in [-0.25, -0.2) is 13.4 Å². The van der Waals surface area contributed by atoms with Crippen LogP contribution in [0.3, 0.4) is 0 Å². The number of rotatable bonds is 3. The second kappa shape index (κ2) is 5.63. The van der Waals surface area contributed by atoms with Crippen LogP contribution in [0.1, 0.15) is 17.4 Å². The molecular weight excluding hydrogens is 298 g/mol. The number of nitrogens with zero attached hydrogens (tertiary/aromatic N) is 2. The molecule has 0 amide bonds. The van der Waals surface area contributed by atoms with Crippen LogP contribution < -0.4 is 0 Å². The van der Waals surface area contributed by atoms with E-state index < -0.39 is 10.0 Å². The maximum atomic E-state index is 12.4. The number of H-pyrrole nitrogens is 1. The molecule has 1 N–H and O–H groups in total. The molecule has 1 aliphatic rings. The lowest BCUT2D eigenvalue weighted by Gasteiger charge is -2.18. The van der Waals surface area contributed by atoms with Crippen LogP contribution in [0.15, 0.2) is 40.4 Å². The molecule has 0 spiro atoms. The third-order valence-electron chi connectivity index (χ3n) is 3.25. The average molecular weight is 313 g/mol. The van der Waals surface area contributed by atoms with Gasteiger partial charge in [-0.1, -0.05) is 0 Å².